The van der Waals surface area contributed by atoms with Gasteiger partial charge in [0.1, 0.15) is 11.9 Å². The highest BCUT2D eigenvalue weighted by atomic mass is 19.1. The number of nitrogens with zero attached hydrogens (tertiary/aromatic N) is 2. The van der Waals surface area contributed by atoms with Gasteiger partial charge in [0, 0.05) is 6.92 Å². The van der Waals surface area contributed by atoms with Crippen molar-refractivity contribution < 1.29 is 28.3 Å². The van der Waals surface area contributed by atoms with E-state index in [1.165, 1.54) is 36.1 Å². The Bertz CT molecular complexity index is 1020. The zero-order chi connectivity index (χ0) is 20.7. The average molecular weight is 397 g/mol. The zero-order valence-corrected chi connectivity index (χ0v) is 15.3. The van der Waals surface area contributed by atoms with E-state index < -0.39 is 29.8 Å². The van der Waals surface area contributed by atoms with Crippen LogP contribution in [0.25, 0.3) is 0 Å². The molecule has 8 nitrogen and oxygen atoms in total. The molecule has 0 aliphatic carbocycles. The Hall–Kier alpha value is -3.75. The second kappa shape index (κ2) is 7.01. The predicted molar refractivity (Wildman–Crippen MR) is 100 cm³/mol. The molecule has 2 heterocycles. The minimum atomic E-state index is -0.824. The van der Waals surface area contributed by atoms with Gasteiger partial charge in [0.25, 0.3) is 11.8 Å². The van der Waals surface area contributed by atoms with Gasteiger partial charge in [-0.15, -0.1) is 0 Å². The number of carbonyl (C=O) groups excluding carboxylic acids is 4. The SMILES string of the molecule is CC(=O)NCC1CN(c2ccc(N3C(=O)c4ccccc4C3=O)c(F)c2)C(=O)O1. The van der Waals surface area contributed by atoms with Crippen LogP contribution in [0.2, 0.25) is 0 Å². The van der Waals surface area contributed by atoms with E-state index in [0.29, 0.717) is 0 Å². The number of benzene rings is 2. The first-order chi connectivity index (χ1) is 13.9. The van der Waals surface area contributed by atoms with Gasteiger partial charge in [-0.1, -0.05) is 12.1 Å². The number of halogens is 1. The number of nitrogens with one attached hydrogen (secondary N) is 1. The van der Waals surface area contributed by atoms with Gasteiger partial charge in [0.15, 0.2) is 0 Å². The molecule has 1 unspecified atom stereocenters. The molecule has 2 aromatic rings. The largest absolute Gasteiger partial charge is 0.442 e. The second-order valence-electron chi connectivity index (χ2n) is 6.68. The molecule has 4 rings (SSSR count). The first kappa shape index (κ1) is 18.6. The Morgan fingerprint density at radius 3 is 2.38 bits per heavy atom. The van der Waals surface area contributed by atoms with Gasteiger partial charge in [0.2, 0.25) is 5.91 Å². The fraction of sp³-hybridized carbons (Fsp3) is 0.200. The fourth-order valence-electron chi connectivity index (χ4n) is 3.35. The molecule has 0 saturated carbocycles. The topological polar surface area (TPSA) is 96.0 Å². The number of hydrogen-bond donors (Lipinski definition) is 1. The van der Waals surface area contributed by atoms with Gasteiger partial charge in [-0.2, -0.15) is 0 Å². The van der Waals surface area contributed by atoms with Crippen molar-refractivity contribution in [2.24, 2.45) is 0 Å². The monoisotopic (exact) mass is 397 g/mol. The van der Waals surface area contributed by atoms with Crippen LogP contribution in [0.4, 0.5) is 20.6 Å². The van der Waals surface area contributed by atoms with Crippen molar-refractivity contribution in [1.29, 1.82) is 0 Å². The van der Waals surface area contributed by atoms with Crippen molar-refractivity contribution in [2.75, 3.05) is 22.9 Å². The first-order valence-corrected chi connectivity index (χ1v) is 8.87. The van der Waals surface area contributed by atoms with Crippen molar-refractivity contribution in [3.8, 4) is 0 Å². The summed E-state index contributed by atoms with van der Waals surface area (Å²) in [6.45, 7) is 1.62. The van der Waals surface area contributed by atoms with Crippen LogP contribution in [-0.2, 0) is 9.53 Å². The molecule has 1 atom stereocenters. The van der Waals surface area contributed by atoms with Crippen LogP contribution in [0.15, 0.2) is 42.5 Å². The Balaban J connectivity index is 1.57. The molecular formula is C20H16FN3O5. The number of imide groups is 1. The summed E-state index contributed by atoms with van der Waals surface area (Å²) in [6.07, 6.45) is -1.24. The normalized spacial score (nSPS) is 18.1. The molecule has 0 spiro atoms. The number of cyclic esters (lactones) is 1. The van der Waals surface area contributed by atoms with Crippen molar-refractivity contribution in [2.45, 2.75) is 13.0 Å². The lowest BCUT2D eigenvalue weighted by molar-refractivity contribution is -0.119. The Kier molecular flexibility index (Phi) is 4.50. The van der Waals surface area contributed by atoms with Crippen molar-refractivity contribution in [1.82, 2.24) is 5.32 Å². The van der Waals surface area contributed by atoms with Gasteiger partial charge in [-0.3, -0.25) is 19.3 Å². The van der Waals surface area contributed by atoms with E-state index in [-0.39, 0.29) is 41.5 Å². The molecule has 1 saturated heterocycles. The average Bonchev–Trinajstić information content (AvgIpc) is 3.19. The summed E-state index contributed by atoms with van der Waals surface area (Å²) in [4.78, 5) is 50.2. The molecule has 0 aromatic heterocycles. The Morgan fingerprint density at radius 2 is 1.79 bits per heavy atom. The summed E-state index contributed by atoms with van der Waals surface area (Å²) < 4.78 is 20.0. The summed E-state index contributed by atoms with van der Waals surface area (Å²) in [5.74, 6) is -2.28. The number of anilines is 2. The molecule has 1 N–H and O–H groups in total. The molecule has 2 aliphatic rings. The highest BCUT2D eigenvalue weighted by molar-refractivity contribution is 6.34. The second-order valence-corrected chi connectivity index (χ2v) is 6.68. The van der Waals surface area contributed by atoms with Crippen molar-refractivity contribution in [3.05, 3.63) is 59.4 Å². The summed E-state index contributed by atoms with van der Waals surface area (Å²) in [5, 5.41) is 2.56. The summed E-state index contributed by atoms with van der Waals surface area (Å²) in [6, 6.07) is 10.1. The molecule has 2 aliphatic heterocycles. The fourth-order valence-corrected chi connectivity index (χ4v) is 3.35. The summed E-state index contributed by atoms with van der Waals surface area (Å²) in [5.41, 5.74) is 0.454. The molecule has 148 valence electrons. The molecule has 1 fully saturated rings. The molecule has 0 radical (unpaired) electrons. The lowest BCUT2D eigenvalue weighted by Gasteiger charge is -2.18. The maximum absolute atomic E-state index is 14.8. The Morgan fingerprint density at radius 1 is 1.14 bits per heavy atom. The standard InChI is InChI=1S/C20H16FN3O5/c1-11(25)22-9-13-10-23(20(28)29-13)12-6-7-17(16(21)8-12)24-18(26)14-4-2-3-5-15(14)19(24)27/h2-8,13H,9-10H2,1H3,(H,22,25). The van der Waals surface area contributed by atoms with Crippen LogP contribution in [0.1, 0.15) is 27.6 Å². The highest BCUT2D eigenvalue weighted by Gasteiger charge is 2.38. The number of amides is 4. The maximum Gasteiger partial charge on any atom is 0.414 e. The van der Waals surface area contributed by atoms with Crippen LogP contribution in [0.5, 0.6) is 0 Å². The molecule has 4 amide bonds. The quantitative estimate of drug-likeness (QED) is 0.797. The zero-order valence-electron chi connectivity index (χ0n) is 15.3. The van der Waals surface area contributed by atoms with Crippen LogP contribution < -0.4 is 15.1 Å². The lowest BCUT2D eigenvalue weighted by atomic mass is 10.1. The van der Waals surface area contributed by atoms with Crippen molar-refractivity contribution in [3.63, 3.8) is 0 Å². The van der Waals surface area contributed by atoms with Crippen molar-refractivity contribution >= 4 is 35.2 Å². The van der Waals surface area contributed by atoms with Gasteiger partial charge in [-0.05, 0) is 30.3 Å². The molecular weight excluding hydrogens is 381 g/mol. The van der Waals surface area contributed by atoms with E-state index >= 15 is 0 Å². The van der Waals surface area contributed by atoms with Crippen LogP contribution >= 0.6 is 0 Å². The van der Waals surface area contributed by atoms with Crippen LogP contribution in [0.3, 0.4) is 0 Å². The third-order valence-electron chi connectivity index (χ3n) is 4.73. The van der Waals surface area contributed by atoms with E-state index in [9.17, 15) is 23.6 Å². The number of carbonyl (C=O) groups is 4. The van der Waals surface area contributed by atoms with Crippen LogP contribution in [-0.4, -0.2) is 43.0 Å². The molecule has 29 heavy (non-hydrogen) atoms. The summed E-state index contributed by atoms with van der Waals surface area (Å²) >= 11 is 0. The Labute approximate surface area is 164 Å². The van der Waals surface area contributed by atoms with E-state index in [1.807, 2.05) is 0 Å². The number of fused-ring (bicyclic) bond motifs is 1. The minimum absolute atomic E-state index is 0.130. The predicted octanol–water partition coefficient (Wildman–Crippen LogP) is 2.09. The maximum atomic E-state index is 14.8. The first-order valence-electron chi connectivity index (χ1n) is 8.87. The van der Waals surface area contributed by atoms with E-state index in [4.69, 9.17) is 4.74 Å². The smallest absolute Gasteiger partial charge is 0.414 e. The molecule has 2 aromatic carbocycles. The van der Waals surface area contributed by atoms with E-state index in [1.54, 1.807) is 12.1 Å². The highest BCUT2D eigenvalue weighted by Crippen LogP contribution is 2.33. The van der Waals surface area contributed by atoms with Gasteiger partial charge in [-0.25, -0.2) is 14.1 Å². The third-order valence-corrected chi connectivity index (χ3v) is 4.73. The third kappa shape index (κ3) is 3.20. The van der Waals surface area contributed by atoms with Crippen LogP contribution in [0, 0.1) is 5.82 Å². The van der Waals surface area contributed by atoms with Gasteiger partial charge >= 0.3 is 6.09 Å². The minimum Gasteiger partial charge on any atom is -0.442 e. The molecule has 0 bridgehead atoms. The lowest BCUT2D eigenvalue weighted by Crippen LogP contribution is -2.33. The number of rotatable bonds is 4. The molecule has 9 heteroatoms. The van der Waals surface area contributed by atoms with Gasteiger partial charge < -0.3 is 10.1 Å². The van der Waals surface area contributed by atoms with E-state index in [0.717, 1.165) is 11.0 Å². The number of hydrogen-bond acceptors (Lipinski definition) is 5. The summed E-state index contributed by atoms with van der Waals surface area (Å²) in [7, 11) is 0. The van der Waals surface area contributed by atoms with E-state index in [2.05, 4.69) is 5.32 Å². The van der Waals surface area contributed by atoms with Gasteiger partial charge in [0.05, 0.1) is 35.6 Å². The number of ether oxygens (including phenoxy) is 1.